The standard InChI is InChI=1S/C15H21ClN2O3/c1-21-15(6-8-17-9-7-15)14(20)18-10-13(19)11-2-4-12(16)5-3-11/h2-5,13,17,19H,6-10H2,1H3,(H,18,20)/t13-/m0/s1. The first-order valence-corrected chi connectivity index (χ1v) is 7.43. The first kappa shape index (κ1) is 16.2. The van der Waals surface area contributed by atoms with Crippen molar-refractivity contribution in [2.24, 2.45) is 0 Å². The number of ether oxygens (including phenoxy) is 1. The molecule has 0 unspecified atom stereocenters. The van der Waals surface area contributed by atoms with Gasteiger partial charge < -0.3 is 20.5 Å². The topological polar surface area (TPSA) is 70.6 Å². The highest BCUT2D eigenvalue weighted by molar-refractivity contribution is 6.30. The summed E-state index contributed by atoms with van der Waals surface area (Å²) in [4.78, 5) is 12.3. The third kappa shape index (κ3) is 3.95. The van der Waals surface area contributed by atoms with Gasteiger partial charge >= 0.3 is 0 Å². The molecule has 116 valence electrons. The zero-order valence-electron chi connectivity index (χ0n) is 12.1. The van der Waals surface area contributed by atoms with Crippen LogP contribution in [0.4, 0.5) is 0 Å². The fourth-order valence-electron chi connectivity index (χ4n) is 2.51. The number of benzene rings is 1. The number of aliphatic hydroxyl groups is 1. The summed E-state index contributed by atoms with van der Waals surface area (Å²) in [6, 6.07) is 6.92. The maximum atomic E-state index is 12.3. The zero-order valence-corrected chi connectivity index (χ0v) is 12.8. The van der Waals surface area contributed by atoms with Crippen molar-refractivity contribution in [2.75, 3.05) is 26.7 Å². The van der Waals surface area contributed by atoms with Crippen molar-refractivity contribution >= 4 is 17.5 Å². The van der Waals surface area contributed by atoms with Crippen molar-refractivity contribution in [2.45, 2.75) is 24.5 Å². The first-order valence-electron chi connectivity index (χ1n) is 7.05. The lowest BCUT2D eigenvalue weighted by Crippen LogP contribution is -2.54. The quantitative estimate of drug-likeness (QED) is 0.765. The van der Waals surface area contributed by atoms with Gasteiger partial charge in [-0.2, -0.15) is 0 Å². The average Bonchev–Trinajstić information content (AvgIpc) is 2.53. The molecule has 1 atom stereocenters. The van der Waals surface area contributed by atoms with E-state index in [2.05, 4.69) is 10.6 Å². The lowest BCUT2D eigenvalue weighted by Gasteiger charge is -2.35. The number of aliphatic hydroxyl groups excluding tert-OH is 1. The van der Waals surface area contributed by atoms with Gasteiger partial charge in [0.2, 0.25) is 0 Å². The van der Waals surface area contributed by atoms with Crippen LogP contribution < -0.4 is 10.6 Å². The molecule has 1 fully saturated rings. The minimum absolute atomic E-state index is 0.152. The summed E-state index contributed by atoms with van der Waals surface area (Å²) in [5, 5.41) is 16.7. The number of hydrogen-bond acceptors (Lipinski definition) is 4. The summed E-state index contributed by atoms with van der Waals surface area (Å²) in [5.74, 6) is -0.167. The third-order valence-electron chi connectivity index (χ3n) is 3.93. The van der Waals surface area contributed by atoms with Gasteiger partial charge in [0.1, 0.15) is 5.60 Å². The molecule has 0 radical (unpaired) electrons. The van der Waals surface area contributed by atoms with Crippen LogP contribution in [0.1, 0.15) is 24.5 Å². The molecule has 1 heterocycles. The van der Waals surface area contributed by atoms with E-state index in [4.69, 9.17) is 16.3 Å². The van der Waals surface area contributed by atoms with Crippen molar-refractivity contribution in [1.82, 2.24) is 10.6 Å². The Morgan fingerprint density at radius 2 is 2.05 bits per heavy atom. The van der Waals surface area contributed by atoms with Crippen LogP contribution in [-0.2, 0) is 9.53 Å². The highest BCUT2D eigenvalue weighted by Crippen LogP contribution is 2.23. The Morgan fingerprint density at radius 1 is 1.43 bits per heavy atom. The molecule has 0 aliphatic carbocycles. The van der Waals surface area contributed by atoms with Crippen LogP contribution in [0.2, 0.25) is 5.02 Å². The Bertz CT molecular complexity index is 472. The molecule has 0 bridgehead atoms. The second-order valence-corrected chi connectivity index (χ2v) is 5.66. The molecule has 0 spiro atoms. The van der Waals surface area contributed by atoms with Crippen molar-refractivity contribution in [1.29, 1.82) is 0 Å². The molecule has 5 nitrogen and oxygen atoms in total. The second kappa shape index (κ2) is 7.22. The molecule has 21 heavy (non-hydrogen) atoms. The van der Waals surface area contributed by atoms with Gasteiger partial charge in [-0.25, -0.2) is 0 Å². The van der Waals surface area contributed by atoms with Crippen LogP contribution in [0.15, 0.2) is 24.3 Å². The molecule has 0 saturated carbocycles. The Hall–Kier alpha value is -1.14. The summed E-state index contributed by atoms with van der Waals surface area (Å²) in [5.41, 5.74) is -0.0678. The highest BCUT2D eigenvalue weighted by Gasteiger charge is 2.39. The fourth-order valence-corrected chi connectivity index (χ4v) is 2.63. The van der Waals surface area contributed by atoms with Gasteiger partial charge in [0.05, 0.1) is 6.10 Å². The van der Waals surface area contributed by atoms with Crippen molar-refractivity contribution in [3.63, 3.8) is 0 Å². The SMILES string of the molecule is COC1(C(=O)NC[C@H](O)c2ccc(Cl)cc2)CCNCC1. The maximum Gasteiger partial charge on any atom is 0.252 e. The number of methoxy groups -OCH3 is 1. The van der Waals surface area contributed by atoms with Crippen LogP contribution >= 0.6 is 11.6 Å². The van der Waals surface area contributed by atoms with Crippen LogP contribution in [0, 0.1) is 0 Å². The zero-order chi connectivity index (χ0) is 15.3. The first-order chi connectivity index (χ1) is 10.1. The smallest absolute Gasteiger partial charge is 0.252 e. The largest absolute Gasteiger partial charge is 0.387 e. The van der Waals surface area contributed by atoms with Gasteiger partial charge in [0.25, 0.3) is 5.91 Å². The van der Waals surface area contributed by atoms with Gasteiger partial charge in [0.15, 0.2) is 0 Å². The molecule has 1 aromatic carbocycles. The van der Waals surface area contributed by atoms with E-state index < -0.39 is 11.7 Å². The van der Waals surface area contributed by atoms with E-state index in [0.29, 0.717) is 17.9 Å². The number of halogens is 1. The molecule has 2 rings (SSSR count). The maximum absolute atomic E-state index is 12.3. The molecule has 1 aliphatic heterocycles. The molecular formula is C15H21ClN2O3. The molecule has 3 N–H and O–H groups in total. The molecule has 1 amide bonds. The van der Waals surface area contributed by atoms with E-state index in [1.165, 1.54) is 0 Å². The van der Waals surface area contributed by atoms with Crippen LogP contribution in [0.25, 0.3) is 0 Å². The van der Waals surface area contributed by atoms with E-state index in [-0.39, 0.29) is 12.5 Å². The summed E-state index contributed by atoms with van der Waals surface area (Å²) in [7, 11) is 1.56. The van der Waals surface area contributed by atoms with Gasteiger partial charge in [-0.15, -0.1) is 0 Å². The predicted octanol–water partition coefficient (Wildman–Crippen LogP) is 1.26. The van der Waals surface area contributed by atoms with Crippen LogP contribution in [-0.4, -0.2) is 43.4 Å². The Kier molecular flexibility index (Phi) is 5.58. The molecule has 6 heteroatoms. The van der Waals surface area contributed by atoms with E-state index in [1.807, 2.05) is 0 Å². The lowest BCUT2D eigenvalue weighted by atomic mass is 9.91. The van der Waals surface area contributed by atoms with E-state index in [9.17, 15) is 9.90 Å². The third-order valence-corrected chi connectivity index (χ3v) is 4.18. The number of carbonyl (C=O) groups excluding carboxylic acids is 1. The molecule has 1 aliphatic rings. The Labute approximate surface area is 129 Å². The minimum Gasteiger partial charge on any atom is -0.387 e. The average molecular weight is 313 g/mol. The summed E-state index contributed by atoms with van der Waals surface area (Å²) >= 11 is 5.81. The summed E-state index contributed by atoms with van der Waals surface area (Å²) in [6.07, 6.45) is 0.500. The van der Waals surface area contributed by atoms with Gasteiger partial charge in [-0.05, 0) is 43.6 Å². The molecule has 0 aromatic heterocycles. The molecule has 1 aromatic rings. The van der Waals surface area contributed by atoms with E-state index >= 15 is 0 Å². The van der Waals surface area contributed by atoms with Crippen molar-refractivity contribution < 1.29 is 14.6 Å². The number of hydrogen-bond donors (Lipinski definition) is 3. The fraction of sp³-hybridized carbons (Fsp3) is 0.533. The van der Waals surface area contributed by atoms with Gasteiger partial charge in [0, 0.05) is 18.7 Å². The summed E-state index contributed by atoms with van der Waals surface area (Å²) in [6.45, 7) is 1.65. The Balaban J connectivity index is 1.92. The Morgan fingerprint density at radius 3 is 2.62 bits per heavy atom. The number of amides is 1. The van der Waals surface area contributed by atoms with Crippen LogP contribution in [0.3, 0.4) is 0 Å². The monoisotopic (exact) mass is 312 g/mol. The number of piperidine rings is 1. The minimum atomic E-state index is -0.787. The number of carbonyl (C=O) groups is 1. The lowest BCUT2D eigenvalue weighted by molar-refractivity contribution is -0.147. The number of rotatable bonds is 5. The normalized spacial score (nSPS) is 19.0. The van der Waals surface area contributed by atoms with Crippen LogP contribution in [0.5, 0.6) is 0 Å². The van der Waals surface area contributed by atoms with Crippen molar-refractivity contribution in [3.8, 4) is 0 Å². The summed E-state index contributed by atoms with van der Waals surface area (Å²) < 4.78 is 5.44. The number of nitrogens with one attached hydrogen (secondary N) is 2. The van der Waals surface area contributed by atoms with Crippen molar-refractivity contribution in [3.05, 3.63) is 34.9 Å². The molecule has 1 saturated heterocycles. The van der Waals surface area contributed by atoms with E-state index in [1.54, 1.807) is 31.4 Å². The highest BCUT2D eigenvalue weighted by atomic mass is 35.5. The molecular weight excluding hydrogens is 292 g/mol. The van der Waals surface area contributed by atoms with E-state index in [0.717, 1.165) is 18.7 Å². The van der Waals surface area contributed by atoms with Gasteiger partial charge in [-0.1, -0.05) is 23.7 Å². The predicted molar refractivity (Wildman–Crippen MR) is 81.3 cm³/mol. The second-order valence-electron chi connectivity index (χ2n) is 5.23. The van der Waals surface area contributed by atoms with Gasteiger partial charge in [-0.3, -0.25) is 4.79 Å².